The number of aliphatic hydroxyl groups excluding tert-OH is 1. The molecule has 10 heteroatoms. The van der Waals surface area contributed by atoms with Gasteiger partial charge in [0.15, 0.2) is 0 Å². The van der Waals surface area contributed by atoms with Crippen molar-refractivity contribution in [3.63, 3.8) is 0 Å². The fraction of sp³-hybridized carbons (Fsp3) is 0.105. The van der Waals surface area contributed by atoms with E-state index in [2.05, 4.69) is 41.3 Å². The van der Waals surface area contributed by atoms with Crippen molar-refractivity contribution in [1.29, 1.82) is 0 Å². The van der Waals surface area contributed by atoms with Crippen LogP contribution in [-0.4, -0.2) is 48.4 Å². The molecule has 0 radical (unpaired) electrons. The van der Waals surface area contributed by atoms with Crippen molar-refractivity contribution in [3.05, 3.63) is 64.6 Å². The largest absolute Gasteiger partial charge is 0.509 e. The first-order chi connectivity index (χ1) is 14.0. The fourth-order valence-corrected chi connectivity index (χ4v) is 3.03. The molecule has 0 atom stereocenters. The average Bonchev–Trinajstić information content (AvgIpc) is 3.35. The predicted octanol–water partition coefficient (Wildman–Crippen LogP) is 3.12. The Morgan fingerprint density at radius 3 is 2.69 bits per heavy atom. The van der Waals surface area contributed by atoms with Gasteiger partial charge in [-0.25, -0.2) is 9.78 Å². The molecule has 0 aliphatic heterocycles. The summed E-state index contributed by atoms with van der Waals surface area (Å²) in [7, 11) is 1.23. The van der Waals surface area contributed by atoms with Crippen molar-refractivity contribution in [1.82, 2.24) is 30.2 Å². The van der Waals surface area contributed by atoms with Gasteiger partial charge in [0.25, 0.3) is 0 Å². The monoisotopic (exact) mass is 454 g/mol. The second kappa shape index (κ2) is 7.84. The number of allylic oxidation sites excluding steroid dienone is 1. The number of rotatable bonds is 5. The van der Waals surface area contributed by atoms with Gasteiger partial charge in [-0.3, -0.25) is 0 Å². The lowest BCUT2D eigenvalue weighted by Crippen LogP contribution is -2.13. The molecule has 0 saturated heterocycles. The number of hydrogen-bond donors (Lipinski definition) is 2. The molecule has 146 valence electrons. The number of methoxy groups -OCH3 is 1. The number of nitrogens with zero attached hydrogens (tertiary/aromatic N) is 5. The maximum Gasteiger partial charge on any atom is 0.345 e. The summed E-state index contributed by atoms with van der Waals surface area (Å²) in [4.78, 5) is 20.9. The second-order valence-electron chi connectivity index (χ2n) is 6.07. The molecule has 0 aliphatic carbocycles. The van der Waals surface area contributed by atoms with Crippen molar-refractivity contribution in [2.45, 2.75) is 6.54 Å². The molecule has 2 aromatic carbocycles. The molecule has 0 amide bonds. The van der Waals surface area contributed by atoms with Crippen LogP contribution in [0.15, 0.2) is 58.8 Å². The van der Waals surface area contributed by atoms with Crippen molar-refractivity contribution in [2.24, 2.45) is 0 Å². The summed E-state index contributed by atoms with van der Waals surface area (Å²) in [6.07, 6.45) is 0. The zero-order chi connectivity index (χ0) is 20.4. The van der Waals surface area contributed by atoms with Gasteiger partial charge in [0.05, 0.1) is 18.1 Å². The van der Waals surface area contributed by atoms with Crippen LogP contribution in [0.2, 0.25) is 0 Å². The number of para-hydroxylation sites is 2. The van der Waals surface area contributed by atoms with Gasteiger partial charge < -0.3 is 14.8 Å². The number of ether oxygens (including phenoxy) is 1. The smallest absolute Gasteiger partial charge is 0.345 e. The number of esters is 1. The molecule has 0 saturated carbocycles. The van der Waals surface area contributed by atoms with E-state index in [0.29, 0.717) is 11.3 Å². The Labute approximate surface area is 173 Å². The second-order valence-corrected chi connectivity index (χ2v) is 6.98. The van der Waals surface area contributed by atoms with Crippen molar-refractivity contribution >= 4 is 38.5 Å². The van der Waals surface area contributed by atoms with E-state index in [9.17, 15) is 9.90 Å². The molecular weight excluding hydrogens is 440 g/mol. The normalized spacial score (nSPS) is 12.1. The van der Waals surface area contributed by atoms with Crippen LogP contribution < -0.4 is 0 Å². The van der Waals surface area contributed by atoms with E-state index < -0.39 is 5.97 Å². The Hall–Kier alpha value is -3.53. The summed E-state index contributed by atoms with van der Waals surface area (Å²) in [5.74, 6) is -0.428. The number of halogens is 1. The van der Waals surface area contributed by atoms with Gasteiger partial charge in [0.2, 0.25) is 5.82 Å². The highest BCUT2D eigenvalue weighted by atomic mass is 79.9. The van der Waals surface area contributed by atoms with E-state index in [1.54, 1.807) is 6.07 Å². The number of carbonyl (C=O) groups is 1. The SMILES string of the molecule is COC(=O)/C(=C(\O)Cn1nnc(-c2ccc(Br)cc2)n1)c1nc2ccccc2[nH]1. The van der Waals surface area contributed by atoms with Crippen LogP contribution in [0.5, 0.6) is 0 Å². The molecule has 2 heterocycles. The number of carbonyl (C=O) groups excluding carboxylic acids is 1. The van der Waals surface area contributed by atoms with Crippen molar-refractivity contribution < 1.29 is 14.6 Å². The van der Waals surface area contributed by atoms with E-state index in [1.807, 2.05) is 42.5 Å². The van der Waals surface area contributed by atoms with Crippen LogP contribution in [0, 0.1) is 0 Å². The molecule has 0 bridgehead atoms. The number of benzene rings is 2. The zero-order valence-corrected chi connectivity index (χ0v) is 16.8. The highest BCUT2D eigenvalue weighted by Gasteiger charge is 2.23. The highest BCUT2D eigenvalue weighted by Crippen LogP contribution is 2.22. The number of H-pyrrole nitrogens is 1. The standard InChI is InChI=1S/C19H15BrN6O3/c1-29-19(28)16(18-21-13-4-2-3-5-14(13)22-18)15(27)10-26-24-17(23-25-26)11-6-8-12(20)9-7-11/h2-9,27H,10H2,1H3,(H,21,22)/b16-15-. The van der Waals surface area contributed by atoms with E-state index in [1.165, 1.54) is 11.9 Å². The van der Waals surface area contributed by atoms with Crippen LogP contribution in [0.3, 0.4) is 0 Å². The van der Waals surface area contributed by atoms with E-state index in [4.69, 9.17) is 4.74 Å². The predicted molar refractivity (Wildman–Crippen MR) is 109 cm³/mol. The molecule has 0 unspecified atom stereocenters. The Balaban J connectivity index is 1.67. The molecule has 29 heavy (non-hydrogen) atoms. The molecular formula is C19H15BrN6O3. The minimum absolute atomic E-state index is 0.0915. The van der Waals surface area contributed by atoms with Crippen molar-refractivity contribution in [2.75, 3.05) is 7.11 Å². The molecule has 4 rings (SSSR count). The Kier molecular flexibility index (Phi) is 5.09. The first-order valence-electron chi connectivity index (χ1n) is 8.54. The summed E-state index contributed by atoms with van der Waals surface area (Å²) in [6, 6.07) is 14.7. The van der Waals surface area contributed by atoms with E-state index >= 15 is 0 Å². The van der Waals surface area contributed by atoms with Gasteiger partial charge in [-0.15, -0.1) is 10.2 Å². The number of imidazole rings is 1. The van der Waals surface area contributed by atoms with Crippen molar-refractivity contribution in [3.8, 4) is 11.4 Å². The number of aliphatic hydroxyl groups is 1. The van der Waals surface area contributed by atoms with Gasteiger partial charge in [0.1, 0.15) is 23.7 Å². The minimum Gasteiger partial charge on any atom is -0.509 e. The number of aromatic nitrogens is 6. The summed E-state index contributed by atoms with van der Waals surface area (Å²) >= 11 is 3.37. The van der Waals surface area contributed by atoms with Crippen LogP contribution in [0.1, 0.15) is 5.82 Å². The van der Waals surface area contributed by atoms with Gasteiger partial charge >= 0.3 is 5.97 Å². The minimum atomic E-state index is -0.727. The molecule has 0 fully saturated rings. The fourth-order valence-electron chi connectivity index (χ4n) is 2.76. The average molecular weight is 455 g/mol. The molecule has 0 spiro atoms. The molecule has 0 aliphatic rings. The lowest BCUT2D eigenvalue weighted by molar-refractivity contribution is -0.133. The maximum atomic E-state index is 12.3. The summed E-state index contributed by atoms with van der Waals surface area (Å²) in [5.41, 5.74) is 2.07. The zero-order valence-electron chi connectivity index (χ0n) is 15.2. The van der Waals surface area contributed by atoms with Gasteiger partial charge in [0, 0.05) is 10.0 Å². The van der Waals surface area contributed by atoms with Crippen LogP contribution in [0.25, 0.3) is 28.0 Å². The third-order valence-corrected chi connectivity index (χ3v) is 4.68. The van der Waals surface area contributed by atoms with E-state index in [-0.39, 0.29) is 23.7 Å². The first-order valence-corrected chi connectivity index (χ1v) is 9.34. The summed E-state index contributed by atoms with van der Waals surface area (Å²) in [5, 5.41) is 22.8. The number of aromatic amines is 1. The van der Waals surface area contributed by atoms with Gasteiger partial charge in [-0.05, 0) is 41.6 Å². The third-order valence-electron chi connectivity index (χ3n) is 4.15. The summed E-state index contributed by atoms with van der Waals surface area (Å²) < 4.78 is 5.75. The quantitative estimate of drug-likeness (QED) is 0.270. The Morgan fingerprint density at radius 1 is 1.21 bits per heavy atom. The first kappa shape index (κ1) is 18.8. The van der Waals surface area contributed by atoms with Gasteiger partial charge in [-0.2, -0.15) is 4.80 Å². The molecule has 2 aromatic heterocycles. The maximum absolute atomic E-state index is 12.3. The number of tetrazole rings is 1. The van der Waals surface area contributed by atoms with E-state index in [0.717, 1.165) is 15.6 Å². The Morgan fingerprint density at radius 2 is 1.97 bits per heavy atom. The van der Waals surface area contributed by atoms with Gasteiger partial charge in [-0.1, -0.05) is 28.1 Å². The number of fused-ring (bicyclic) bond motifs is 1. The van der Waals surface area contributed by atoms with Crippen LogP contribution in [-0.2, 0) is 16.1 Å². The van der Waals surface area contributed by atoms with Crippen LogP contribution in [0.4, 0.5) is 0 Å². The lowest BCUT2D eigenvalue weighted by atomic mass is 10.2. The summed E-state index contributed by atoms with van der Waals surface area (Å²) in [6.45, 7) is -0.176. The molecule has 2 N–H and O–H groups in total. The number of hydrogen-bond acceptors (Lipinski definition) is 7. The number of nitrogens with one attached hydrogen (secondary N) is 1. The van der Waals surface area contributed by atoms with Crippen LogP contribution >= 0.6 is 15.9 Å². The topological polar surface area (TPSA) is 119 Å². The molecule has 9 nitrogen and oxygen atoms in total. The molecule has 4 aromatic rings. The highest BCUT2D eigenvalue weighted by molar-refractivity contribution is 9.10. The Bertz CT molecular complexity index is 1180. The lowest BCUT2D eigenvalue weighted by Gasteiger charge is -2.06. The third kappa shape index (κ3) is 3.87.